The minimum Gasteiger partial charge on any atom is -0.461 e. The van der Waals surface area contributed by atoms with Crippen molar-refractivity contribution >= 4 is 11.6 Å². The Bertz CT molecular complexity index is 389. The molecule has 0 unspecified atom stereocenters. The summed E-state index contributed by atoms with van der Waals surface area (Å²) in [6.45, 7) is 5.60. The molecule has 3 nitrogen and oxygen atoms in total. The largest absolute Gasteiger partial charge is 0.461 e. The first-order chi connectivity index (χ1) is 8.47. The van der Waals surface area contributed by atoms with Gasteiger partial charge in [-0.2, -0.15) is 0 Å². The van der Waals surface area contributed by atoms with Crippen LogP contribution in [0.3, 0.4) is 0 Å². The molecule has 102 valence electrons. The van der Waals surface area contributed by atoms with Crippen molar-refractivity contribution in [3.8, 4) is 5.75 Å². The lowest BCUT2D eigenvalue weighted by atomic mass is 10.0. The van der Waals surface area contributed by atoms with E-state index in [0.717, 1.165) is 5.56 Å². The average Bonchev–Trinajstić information content (AvgIpc) is 2.40. The second-order valence-electron chi connectivity index (χ2n) is 4.50. The van der Waals surface area contributed by atoms with Gasteiger partial charge >= 0.3 is 0 Å². The van der Waals surface area contributed by atoms with Crippen molar-refractivity contribution in [3.05, 3.63) is 28.8 Å². The van der Waals surface area contributed by atoms with Crippen molar-refractivity contribution in [2.75, 3.05) is 6.61 Å². The van der Waals surface area contributed by atoms with Gasteiger partial charge in [0.25, 0.3) is 0 Å². The number of hydrogen-bond acceptors (Lipinski definition) is 3. The van der Waals surface area contributed by atoms with Crippen LogP contribution in [-0.4, -0.2) is 22.6 Å². The highest BCUT2D eigenvalue weighted by Gasteiger charge is 2.27. The van der Waals surface area contributed by atoms with Gasteiger partial charge in [0, 0.05) is 30.9 Å². The fourth-order valence-electron chi connectivity index (χ4n) is 1.70. The summed E-state index contributed by atoms with van der Waals surface area (Å²) in [6.07, 6.45) is 0.948. The zero-order chi connectivity index (χ0) is 13.8. The Morgan fingerprint density at radius 3 is 2.44 bits per heavy atom. The van der Waals surface area contributed by atoms with E-state index in [1.807, 2.05) is 32.9 Å². The molecule has 1 aromatic carbocycles. The average molecular weight is 273 g/mol. The molecule has 0 aliphatic heterocycles. The maximum atomic E-state index is 10.2. The molecule has 1 rings (SSSR count). The van der Waals surface area contributed by atoms with Crippen LogP contribution >= 0.6 is 11.6 Å². The van der Waals surface area contributed by atoms with Crippen LogP contribution in [0.5, 0.6) is 5.75 Å². The topological polar surface area (TPSA) is 49.7 Å². The van der Waals surface area contributed by atoms with E-state index in [4.69, 9.17) is 16.3 Å². The summed E-state index contributed by atoms with van der Waals surface area (Å²) in [5.74, 6) is -0.835. The third-order valence-electron chi connectivity index (χ3n) is 3.20. The van der Waals surface area contributed by atoms with E-state index in [9.17, 15) is 10.2 Å². The van der Waals surface area contributed by atoms with Crippen LogP contribution < -0.4 is 4.74 Å². The first-order valence-corrected chi connectivity index (χ1v) is 6.65. The maximum absolute atomic E-state index is 10.2. The first kappa shape index (κ1) is 15.3. The molecule has 0 amide bonds. The van der Waals surface area contributed by atoms with Gasteiger partial charge in [-0.1, -0.05) is 44.5 Å². The smallest absolute Gasteiger partial charge is 0.207 e. The number of hydrogen-bond donors (Lipinski definition) is 2. The second-order valence-corrected chi connectivity index (χ2v) is 4.90. The standard InChI is InChI=1S/C14H21ClO3/c1-4-14(17,5-2)18-13-11(10(3)9-16)7-6-8-12(13)15/h6-8,10,16-17H,4-5,9H2,1-3H3/t10-/m0/s1. The summed E-state index contributed by atoms with van der Waals surface area (Å²) >= 11 is 6.13. The Balaban J connectivity index is 3.14. The number of ether oxygens (including phenoxy) is 1. The van der Waals surface area contributed by atoms with Gasteiger partial charge in [0.05, 0.1) is 5.02 Å². The Morgan fingerprint density at radius 2 is 1.94 bits per heavy atom. The van der Waals surface area contributed by atoms with E-state index in [0.29, 0.717) is 23.6 Å². The fourth-order valence-corrected chi connectivity index (χ4v) is 1.92. The maximum Gasteiger partial charge on any atom is 0.207 e. The Labute approximate surface area is 113 Å². The number of rotatable bonds is 6. The minimum atomic E-state index is -1.21. The Kier molecular flexibility index (Phi) is 5.45. The molecule has 0 fully saturated rings. The Hall–Kier alpha value is -0.770. The molecule has 0 aromatic heterocycles. The van der Waals surface area contributed by atoms with E-state index < -0.39 is 5.79 Å². The lowest BCUT2D eigenvalue weighted by Gasteiger charge is -2.29. The molecule has 0 bridgehead atoms. The zero-order valence-corrected chi connectivity index (χ0v) is 11.9. The predicted molar refractivity (Wildman–Crippen MR) is 73.1 cm³/mol. The van der Waals surface area contributed by atoms with Crippen LogP contribution in [0.15, 0.2) is 18.2 Å². The Morgan fingerprint density at radius 1 is 1.33 bits per heavy atom. The highest BCUT2D eigenvalue weighted by molar-refractivity contribution is 6.32. The van der Waals surface area contributed by atoms with Crippen molar-refractivity contribution in [2.45, 2.75) is 45.3 Å². The van der Waals surface area contributed by atoms with Gasteiger partial charge in [-0.15, -0.1) is 0 Å². The van der Waals surface area contributed by atoms with Gasteiger partial charge in [-0.25, -0.2) is 0 Å². The molecule has 0 spiro atoms. The number of aliphatic hydroxyl groups excluding tert-OH is 1. The van der Waals surface area contributed by atoms with Gasteiger partial charge in [0.1, 0.15) is 5.75 Å². The van der Waals surface area contributed by atoms with E-state index in [-0.39, 0.29) is 12.5 Å². The third-order valence-corrected chi connectivity index (χ3v) is 3.50. The lowest BCUT2D eigenvalue weighted by Crippen LogP contribution is -2.34. The van der Waals surface area contributed by atoms with Gasteiger partial charge in [0.15, 0.2) is 0 Å². The first-order valence-electron chi connectivity index (χ1n) is 6.28. The summed E-state index contributed by atoms with van der Waals surface area (Å²) in [5, 5.41) is 19.9. The summed E-state index contributed by atoms with van der Waals surface area (Å²) in [6, 6.07) is 5.39. The molecule has 1 aromatic rings. The summed E-state index contributed by atoms with van der Waals surface area (Å²) in [4.78, 5) is 0. The molecule has 0 radical (unpaired) electrons. The molecule has 0 heterocycles. The summed E-state index contributed by atoms with van der Waals surface area (Å²) in [7, 11) is 0. The van der Waals surface area contributed by atoms with Crippen LogP contribution in [0, 0.1) is 0 Å². The number of benzene rings is 1. The van der Waals surface area contributed by atoms with Crippen molar-refractivity contribution in [2.24, 2.45) is 0 Å². The molecule has 4 heteroatoms. The highest BCUT2D eigenvalue weighted by atomic mass is 35.5. The number of aliphatic hydroxyl groups is 2. The molecule has 0 saturated heterocycles. The van der Waals surface area contributed by atoms with E-state index in [2.05, 4.69) is 0 Å². The van der Waals surface area contributed by atoms with E-state index in [1.54, 1.807) is 6.07 Å². The van der Waals surface area contributed by atoms with Crippen molar-refractivity contribution < 1.29 is 14.9 Å². The van der Waals surface area contributed by atoms with Crippen molar-refractivity contribution in [3.63, 3.8) is 0 Å². The van der Waals surface area contributed by atoms with Crippen LogP contribution in [-0.2, 0) is 0 Å². The molecule has 1 atom stereocenters. The van der Waals surface area contributed by atoms with Crippen molar-refractivity contribution in [1.29, 1.82) is 0 Å². The van der Waals surface area contributed by atoms with Gasteiger partial charge in [0.2, 0.25) is 5.79 Å². The summed E-state index contributed by atoms with van der Waals surface area (Å²) < 4.78 is 5.70. The molecule has 18 heavy (non-hydrogen) atoms. The van der Waals surface area contributed by atoms with Crippen LogP contribution in [0.25, 0.3) is 0 Å². The zero-order valence-electron chi connectivity index (χ0n) is 11.1. The second kappa shape index (κ2) is 6.41. The molecule has 0 aliphatic carbocycles. The normalized spacial score (nSPS) is 13.4. The van der Waals surface area contributed by atoms with E-state index >= 15 is 0 Å². The molecule has 0 saturated carbocycles. The van der Waals surface area contributed by atoms with Crippen LogP contribution in [0.1, 0.15) is 45.1 Å². The lowest BCUT2D eigenvalue weighted by molar-refractivity contribution is -0.141. The van der Waals surface area contributed by atoms with E-state index in [1.165, 1.54) is 0 Å². The third kappa shape index (κ3) is 3.37. The van der Waals surface area contributed by atoms with Crippen molar-refractivity contribution in [1.82, 2.24) is 0 Å². The quantitative estimate of drug-likeness (QED) is 0.781. The molecule has 2 N–H and O–H groups in total. The SMILES string of the molecule is CCC(O)(CC)Oc1c(Cl)cccc1[C@@H](C)CO. The molecular weight excluding hydrogens is 252 g/mol. The monoisotopic (exact) mass is 272 g/mol. The van der Waals surface area contributed by atoms with Gasteiger partial charge in [-0.05, 0) is 6.07 Å². The van der Waals surface area contributed by atoms with Crippen LogP contribution in [0.2, 0.25) is 5.02 Å². The predicted octanol–water partition coefficient (Wildman–Crippen LogP) is 3.32. The van der Waals surface area contributed by atoms with Gasteiger partial charge < -0.3 is 14.9 Å². The number of halogens is 1. The minimum absolute atomic E-state index is 0.00732. The van der Waals surface area contributed by atoms with Crippen LogP contribution in [0.4, 0.5) is 0 Å². The molecular formula is C14H21ClO3. The van der Waals surface area contributed by atoms with Gasteiger partial charge in [-0.3, -0.25) is 0 Å². The number of para-hydroxylation sites is 1. The fraction of sp³-hybridized carbons (Fsp3) is 0.571. The molecule has 0 aliphatic rings. The highest BCUT2D eigenvalue weighted by Crippen LogP contribution is 2.36. The summed E-state index contributed by atoms with van der Waals surface area (Å²) in [5.41, 5.74) is 0.810.